The first-order chi connectivity index (χ1) is 5.85. The molecular weight excluding hydrogens is 168 g/mol. The molecule has 0 aliphatic carbocycles. The molecule has 12 heavy (non-hydrogen) atoms. The minimum absolute atomic E-state index is 0.384. The summed E-state index contributed by atoms with van der Waals surface area (Å²) in [6, 6.07) is 0. The summed E-state index contributed by atoms with van der Waals surface area (Å²) in [4.78, 5) is 0. The van der Waals surface area contributed by atoms with E-state index >= 15 is 0 Å². The van der Waals surface area contributed by atoms with Crippen LogP contribution in [0.3, 0.4) is 0 Å². The van der Waals surface area contributed by atoms with Crippen LogP contribution in [0.4, 0.5) is 0 Å². The van der Waals surface area contributed by atoms with Crippen molar-refractivity contribution in [2.75, 3.05) is 0 Å². The fourth-order valence-electron chi connectivity index (χ4n) is 1.37. The summed E-state index contributed by atoms with van der Waals surface area (Å²) in [5.74, 6) is 0. The Labute approximate surface area is 82.5 Å². The Hall–Kier alpha value is 0.310. The van der Waals surface area contributed by atoms with E-state index in [-0.39, 0.29) is 0 Å². The van der Waals surface area contributed by atoms with Crippen LogP contribution >= 0.6 is 12.9 Å². The maximum Gasteiger partial charge on any atom is 0.0719 e. The molecule has 0 N–H and O–H groups in total. The van der Waals surface area contributed by atoms with E-state index < -0.39 is 0 Å². The summed E-state index contributed by atoms with van der Waals surface area (Å²) < 4.78 is 5.07. The molecule has 1 nitrogen and oxygen atoms in total. The molecule has 0 aliphatic heterocycles. The first-order valence-corrected chi connectivity index (χ1v) is 5.51. The summed E-state index contributed by atoms with van der Waals surface area (Å²) in [5.41, 5.74) is 0. The predicted molar refractivity (Wildman–Crippen MR) is 57.5 cm³/mol. The van der Waals surface area contributed by atoms with Crippen LogP contribution in [0.1, 0.15) is 58.8 Å². The van der Waals surface area contributed by atoms with Crippen LogP contribution in [0, 0.1) is 0 Å². The van der Waals surface area contributed by atoms with Crippen molar-refractivity contribution < 1.29 is 4.18 Å². The monoisotopic (exact) mass is 190 g/mol. The van der Waals surface area contributed by atoms with Gasteiger partial charge in [-0.2, -0.15) is 0 Å². The van der Waals surface area contributed by atoms with Crippen molar-refractivity contribution in [2.24, 2.45) is 0 Å². The molecule has 0 fully saturated rings. The number of unbranched alkanes of at least 4 members (excludes halogenated alkanes) is 3. The second-order valence-corrected chi connectivity index (χ2v) is 3.58. The third kappa shape index (κ3) is 6.99. The molecule has 1 unspecified atom stereocenters. The second kappa shape index (κ2) is 9.40. The maximum atomic E-state index is 5.07. The highest BCUT2D eigenvalue weighted by Gasteiger charge is 2.05. The lowest BCUT2D eigenvalue weighted by Crippen LogP contribution is -2.06. The van der Waals surface area contributed by atoms with Gasteiger partial charge in [0.25, 0.3) is 0 Å². The van der Waals surface area contributed by atoms with Gasteiger partial charge in [0.05, 0.1) is 6.10 Å². The first kappa shape index (κ1) is 12.3. The molecule has 2 heteroatoms. The molecule has 0 saturated heterocycles. The molecule has 0 radical (unpaired) electrons. The van der Waals surface area contributed by atoms with Gasteiger partial charge in [-0.05, 0) is 25.8 Å². The standard InChI is InChI=1S/C10H22OS/c1-3-5-6-7-9-10(11-12)8-4-2/h10,12H,3-9H2,1-2H3. The molecule has 0 heterocycles. The van der Waals surface area contributed by atoms with Crippen molar-refractivity contribution in [1.29, 1.82) is 0 Å². The zero-order chi connectivity index (χ0) is 9.23. The Morgan fingerprint density at radius 2 is 1.75 bits per heavy atom. The summed E-state index contributed by atoms with van der Waals surface area (Å²) in [5, 5.41) is 0. The average molecular weight is 190 g/mol. The fourth-order valence-corrected chi connectivity index (χ4v) is 1.58. The maximum absolute atomic E-state index is 5.07. The van der Waals surface area contributed by atoms with Crippen LogP contribution in [-0.4, -0.2) is 6.10 Å². The molecule has 0 saturated carbocycles. The molecule has 0 aromatic carbocycles. The summed E-state index contributed by atoms with van der Waals surface area (Å²) in [6.45, 7) is 4.42. The van der Waals surface area contributed by atoms with Crippen LogP contribution in [0.5, 0.6) is 0 Å². The van der Waals surface area contributed by atoms with Gasteiger partial charge in [0.1, 0.15) is 0 Å². The highest BCUT2D eigenvalue weighted by Crippen LogP contribution is 2.13. The topological polar surface area (TPSA) is 9.23 Å². The molecule has 0 aromatic heterocycles. The fraction of sp³-hybridized carbons (Fsp3) is 1.00. The van der Waals surface area contributed by atoms with Crippen molar-refractivity contribution in [3.8, 4) is 0 Å². The molecule has 0 spiro atoms. The largest absolute Gasteiger partial charge is 0.315 e. The second-order valence-electron chi connectivity index (χ2n) is 3.37. The first-order valence-electron chi connectivity index (χ1n) is 5.15. The molecule has 0 aliphatic rings. The van der Waals surface area contributed by atoms with Gasteiger partial charge in [-0.1, -0.05) is 46.0 Å². The van der Waals surface area contributed by atoms with E-state index in [4.69, 9.17) is 4.18 Å². The third-order valence-corrected chi connectivity index (χ3v) is 2.44. The van der Waals surface area contributed by atoms with E-state index in [1.54, 1.807) is 0 Å². The smallest absolute Gasteiger partial charge is 0.0719 e. The Bertz CT molecular complexity index is 85.9. The SMILES string of the molecule is CCCCCCC(CCC)OS. The van der Waals surface area contributed by atoms with Crippen LogP contribution in [0.15, 0.2) is 0 Å². The minimum Gasteiger partial charge on any atom is -0.315 e. The Morgan fingerprint density at radius 1 is 1.00 bits per heavy atom. The van der Waals surface area contributed by atoms with E-state index in [2.05, 4.69) is 26.8 Å². The molecule has 0 aromatic rings. The van der Waals surface area contributed by atoms with Gasteiger partial charge in [0.2, 0.25) is 0 Å². The predicted octanol–water partition coefficient (Wildman–Crippen LogP) is 3.99. The summed E-state index contributed by atoms with van der Waals surface area (Å²) >= 11 is 3.87. The number of hydrogen-bond acceptors (Lipinski definition) is 2. The van der Waals surface area contributed by atoms with Gasteiger partial charge >= 0.3 is 0 Å². The van der Waals surface area contributed by atoms with Gasteiger partial charge in [-0.3, -0.25) is 0 Å². The van der Waals surface area contributed by atoms with Gasteiger partial charge in [0, 0.05) is 0 Å². The van der Waals surface area contributed by atoms with Crippen LogP contribution in [0.25, 0.3) is 0 Å². The van der Waals surface area contributed by atoms with Crippen molar-refractivity contribution in [1.82, 2.24) is 0 Å². The van der Waals surface area contributed by atoms with Gasteiger partial charge < -0.3 is 4.18 Å². The number of thiol groups is 1. The molecule has 1 atom stereocenters. The molecule has 0 bridgehead atoms. The van der Waals surface area contributed by atoms with Crippen LogP contribution < -0.4 is 0 Å². The lowest BCUT2D eigenvalue weighted by molar-refractivity contribution is 0.215. The number of hydrogen-bond donors (Lipinski definition) is 1. The summed E-state index contributed by atoms with van der Waals surface area (Å²) in [7, 11) is 0. The van der Waals surface area contributed by atoms with E-state index in [9.17, 15) is 0 Å². The Kier molecular flexibility index (Phi) is 9.64. The lowest BCUT2D eigenvalue weighted by Gasteiger charge is -2.12. The van der Waals surface area contributed by atoms with Crippen molar-refractivity contribution in [2.45, 2.75) is 64.9 Å². The van der Waals surface area contributed by atoms with Crippen LogP contribution in [-0.2, 0) is 4.18 Å². The molecule has 0 rings (SSSR count). The van der Waals surface area contributed by atoms with Crippen molar-refractivity contribution in [3.05, 3.63) is 0 Å². The zero-order valence-corrected chi connectivity index (χ0v) is 9.28. The Morgan fingerprint density at radius 3 is 2.25 bits per heavy atom. The van der Waals surface area contributed by atoms with Gasteiger partial charge in [-0.25, -0.2) is 0 Å². The number of rotatable bonds is 8. The zero-order valence-electron chi connectivity index (χ0n) is 8.38. The van der Waals surface area contributed by atoms with Crippen molar-refractivity contribution in [3.63, 3.8) is 0 Å². The molecular formula is C10H22OS. The average Bonchev–Trinajstić information content (AvgIpc) is 2.10. The van der Waals surface area contributed by atoms with E-state index in [0.29, 0.717) is 6.10 Å². The van der Waals surface area contributed by atoms with E-state index in [1.165, 1.54) is 38.5 Å². The highest BCUT2D eigenvalue weighted by molar-refractivity contribution is 7.75. The minimum atomic E-state index is 0.384. The normalized spacial score (nSPS) is 13.2. The van der Waals surface area contributed by atoms with Gasteiger partial charge in [-0.15, -0.1) is 0 Å². The van der Waals surface area contributed by atoms with Gasteiger partial charge in [0.15, 0.2) is 0 Å². The van der Waals surface area contributed by atoms with E-state index in [0.717, 1.165) is 6.42 Å². The van der Waals surface area contributed by atoms with Crippen molar-refractivity contribution >= 4 is 12.9 Å². The van der Waals surface area contributed by atoms with E-state index in [1.807, 2.05) is 0 Å². The van der Waals surface area contributed by atoms with Crippen LogP contribution in [0.2, 0.25) is 0 Å². The summed E-state index contributed by atoms with van der Waals surface area (Å²) in [6.07, 6.45) is 9.19. The quantitative estimate of drug-likeness (QED) is 0.346. The highest BCUT2D eigenvalue weighted by atomic mass is 32.1. The lowest BCUT2D eigenvalue weighted by atomic mass is 10.1. The third-order valence-electron chi connectivity index (χ3n) is 2.14. The molecule has 74 valence electrons. The Balaban J connectivity index is 3.19. The molecule has 0 amide bonds.